The minimum absolute atomic E-state index is 0.139. The van der Waals surface area contributed by atoms with Crippen molar-refractivity contribution in [3.63, 3.8) is 0 Å². The van der Waals surface area contributed by atoms with Crippen LogP contribution in [0.25, 0.3) is 0 Å². The van der Waals surface area contributed by atoms with Gasteiger partial charge in [0.25, 0.3) is 0 Å². The summed E-state index contributed by atoms with van der Waals surface area (Å²) in [7, 11) is 0. The smallest absolute Gasteiger partial charge is 0.325 e. The Morgan fingerprint density at radius 3 is 1.97 bits per heavy atom. The molecule has 0 aromatic rings. The summed E-state index contributed by atoms with van der Waals surface area (Å²) >= 11 is 3.98. The lowest BCUT2D eigenvalue weighted by atomic mass is 10.1. The number of carboxylic acid groups (broad SMARTS) is 2. The van der Waals surface area contributed by atoms with Crippen LogP contribution in [0.2, 0.25) is 0 Å². The lowest BCUT2D eigenvalue weighted by molar-refractivity contribution is -0.143. The first-order valence-corrected chi connectivity index (χ1v) is 9.58. The molecule has 4 atom stereocenters. The summed E-state index contributed by atoms with van der Waals surface area (Å²) in [4.78, 5) is 58.5. The maximum atomic E-state index is 12.4. The molecule has 0 aliphatic rings. The molecule has 0 aliphatic carbocycles. The zero-order chi connectivity index (χ0) is 22.6. The fourth-order valence-corrected chi connectivity index (χ4v) is 2.40. The van der Waals surface area contributed by atoms with Crippen molar-refractivity contribution in [1.82, 2.24) is 16.0 Å². The number of carbonyl (C=O) groups is 5. The molecule has 29 heavy (non-hydrogen) atoms. The van der Waals surface area contributed by atoms with Gasteiger partial charge < -0.3 is 37.6 Å². The lowest BCUT2D eigenvalue weighted by Gasteiger charge is -2.23. The van der Waals surface area contributed by atoms with Crippen molar-refractivity contribution in [3.05, 3.63) is 0 Å². The molecular formula is C16H29N5O7S. The third-order valence-electron chi connectivity index (χ3n) is 3.86. The molecule has 0 spiro atoms. The van der Waals surface area contributed by atoms with Crippen LogP contribution in [0.5, 0.6) is 0 Å². The molecule has 0 aromatic heterocycles. The highest BCUT2D eigenvalue weighted by Gasteiger charge is 2.30. The van der Waals surface area contributed by atoms with Crippen LogP contribution >= 0.6 is 12.6 Å². The number of rotatable bonds is 14. The van der Waals surface area contributed by atoms with Gasteiger partial charge in [0.2, 0.25) is 17.7 Å². The number of hydrogen-bond donors (Lipinski definition) is 8. The molecule has 4 unspecified atom stereocenters. The predicted octanol–water partition coefficient (Wildman–Crippen LogP) is -2.59. The SMILES string of the molecule is CC(NC(=O)C(CC(=O)O)NC(=O)C(CS)NC(=O)C(N)CCCCN)C(=O)O. The number of thiol groups is 1. The van der Waals surface area contributed by atoms with E-state index in [1.54, 1.807) is 0 Å². The van der Waals surface area contributed by atoms with E-state index in [1.807, 2.05) is 0 Å². The minimum Gasteiger partial charge on any atom is -0.481 e. The number of aliphatic carboxylic acids is 2. The van der Waals surface area contributed by atoms with Crippen LogP contribution in [0.15, 0.2) is 0 Å². The summed E-state index contributed by atoms with van der Waals surface area (Å²) in [6.45, 7) is 1.65. The Balaban J connectivity index is 5.00. The monoisotopic (exact) mass is 435 g/mol. The molecule has 3 amide bonds. The van der Waals surface area contributed by atoms with Gasteiger partial charge in [-0.3, -0.25) is 24.0 Å². The number of nitrogens with two attached hydrogens (primary N) is 2. The normalized spacial score (nSPS) is 14.8. The van der Waals surface area contributed by atoms with E-state index in [1.165, 1.54) is 6.92 Å². The van der Waals surface area contributed by atoms with Crippen molar-refractivity contribution in [3.8, 4) is 0 Å². The quantitative estimate of drug-likeness (QED) is 0.106. The van der Waals surface area contributed by atoms with Crippen molar-refractivity contribution in [2.24, 2.45) is 11.5 Å². The van der Waals surface area contributed by atoms with Crippen molar-refractivity contribution < 1.29 is 34.2 Å². The fraction of sp³-hybridized carbons (Fsp3) is 0.688. The standard InChI is InChI=1S/C16H29N5O7S/c1-8(16(27)28)19-14(25)10(6-12(22)23)20-15(26)11(7-29)21-13(24)9(18)4-2-3-5-17/h8-11,29H,2-7,17-18H2,1H3,(H,19,25)(H,20,26)(H,21,24)(H,22,23)(H,27,28). The Labute approximate surface area is 173 Å². The van der Waals surface area contributed by atoms with Crippen LogP contribution in [-0.2, 0) is 24.0 Å². The van der Waals surface area contributed by atoms with Gasteiger partial charge in [-0.1, -0.05) is 6.42 Å². The third-order valence-corrected chi connectivity index (χ3v) is 4.23. The zero-order valence-corrected chi connectivity index (χ0v) is 17.0. The second kappa shape index (κ2) is 13.7. The van der Waals surface area contributed by atoms with E-state index >= 15 is 0 Å². The molecule has 9 N–H and O–H groups in total. The van der Waals surface area contributed by atoms with Crippen molar-refractivity contribution >= 4 is 42.3 Å². The van der Waals surface area contributed by atoms with Crippen molar-refractivity contribution in [2.45, 2.75) is 56.8 Å². The molecule has 0 heterocycles. The molecule has 13 heteroatoms. The van der Waals surface area contributed by atoms with Gasteiger partial charge in [-0.25, -0.2) is 0 Å². The number of nitrogens with one attached hydrogen (secondary N) is 3. The summed E-state index contributed by atoms with van der Waals surface area (Å²) in [6, 6.07) is -4.87. The number of carbonyl (C=O) groups excluding carboxylic acids is 3. The van der Waals surface area contributed by atoms with Crippen LogP contribution in [-0.4, -0.2) is 76.3 Å². The maximum absolute atomic E-state index is 12.4. The van der Waals surface area contributed by atoms with E-state index < -0.39 is 60.2 Å². The number of amides is 3. The van der Waals surface area contributed by atoms with E-state index in [4.69, 9.17) is 21.7 Å². The largest absolute Gasteiger partial charge is 0.481 e. The van der Waals surface area contributed by atoms with Crippen LogP contribution in [0, 0.1) is 0 Å². The van der Waals surface area contributed by atoms with Crippen LogP contribution in [0.3, 0.4) is 0 Å². The van der Waals surface area contributed by atoms with Gasteiger partial charge in [0, 0.05) is 5.75 Å². The molecular weight excluding hydrogens is 406 g/mol. The first-order valence-electron chi connectivity index (χ1n) is 8.95. The third kappa shape index (κ3) is 10.7. The average Bonchev–Trinajstić information content (AvgIpc) is 2.64. The average molecular weight is 436 g/mol. The highest BCUT2D eigenvalue weighted by molar-refractivity contribution is 7.80. The summed E-state index contributed by atoms with van der Waals surface area (Å²) in [5.74, 6) is -5.30. The number of hydrogen-bond acceptors (Lipinski definition) is 8. The van der Waals surface area contributed by atoms with Gasteiger partial charge in [0.15, 0.2) is 0 Å². The molecule has 0 aromatic carbocycles. The highest BCUT2D eigenvalue weighted by Crippen LogP contribution is 2.01. The predicted molar refractivity (Wildman–Crippen MR) is 106 cm³/mol. The van der Waals surface area contributed by atoms with Crippen LogP contribution < -0.4 is 27.4 Å². The number of carboxylic acids is 2. The molecule has 0 radical (unpaired) electrons. The van der Waals surface area contributed by atoms with Crippen LogP contribution in [0.4, 0.5) is 0 Å². The Bertz CT molecular complexity index is 604. The Morgan fingerprint density at radius 2 is 1.48 bits per heavy atom. The van der Waals surface area contributed by atoms with Gasteiger partial charge in [-0.15, -0.1) is 0 Å². The zero-order valence-electron chi connectivity index (χ0n) is 16.1. The molecule has 0 bridgehead atoms. The maximum Gasteiger partial charge on any atom is 0.325 e. The topological polar surface area (TPSA) is 214 Å². The summed E-state index contributed by atoms with van der Waals surface area (Å²) in [6.07, 6.45) is 0.903. The Kier molecular flexibility index (Phi) is 12.6. The van der Waals surface area contributed by atoms with E-state index in [9.17, 15) is 24.0 Å². The van der Waals surface area contributed by atoms with Gasteiger partial charge >= 0.3 is 11.9 Å². The van der Waals surface area contributed by atoms with E-state index in [-0.39, 0.29) is 5.75 Å². The second-order valence-corrected chi connectivity index (χ2v) is 6.73. The van der Waals surface area contributed by atoms with E-state index in [0.717, 1.165) is 0 Å². The molecule has 12 nitrogen and oxygen atoms in total. The van der Waals surface area contributed by atoms with Crippen molar-refractivity contribution in [1.29, 1.82) is 0 Å². The van der Waals surface area contributed by atoms with E-state index in [0.29, 0.717) is 25.8 Å². The molecule has 0 aliphatic heterocycles. The molecule has 0 saturated heterocycles. The minimum atomic E-state index is -1.54. The summed E-state index contributed by atoms with van der Waals surface area (Å²) < 4.78 is 0. The molecule has 0 fully saturated rings. The highest BCUT2D eigenvalue weighted by atomic mass is 32.1. The Hall–Kier alpha value is -2.38. The lowest BCUT2D eigenvalue weighted by Crippen LogP contribution is -2.57. The van der Waals surface area contributed by atoms with Gasteiger partial charge in [0.1, 0.15) is 18.1 Å². The first kappa shape index (κ1) is 26.6. The summed E-state index contributed by atoms with van der Waals surface area (Å²) in [5, 5.41) is 24.5. The Morgan fingerprint density at radius 1 is 0.931 bits per heavy atom. The molecule has 0 rings (SSSR count). The molecule has 166 valence electrons. The van der Waals surface area contributed by atoms with Gasteiger partial charge in [0.05, 0.1) is 12.5 Å². The van der Waals surface area contributed by atoms with Gasteiger partial charge in [-0.05, 0) is 26.3 Å². The van der Waals surface area contributed by atoms with Crippen LogP contribution in [0.1, 0.15) is 32.6 Å². The van der Waals surface area contributed by atoms with Crippen molar-refractivity contribution in [2.75, 3.05) is 12.3 Å². The first-order chi connectivity index (χ1) is 13.5. The van der Waals surface area contributed by atoms with Gasteiger partial charge in [-0.2, -0.15) is 12.6 Å². The number of unbranched alkanes of at least 4 members (excludes halogenated alkanes) is 1. The summed E-state index contributed by atoms with van der Waals surface area (Å²) in [5.41, 5.74) is 11.1. The molecule has 0 saturated carbocycles. The fourth-order valence-electron chi connectivity index (χ4n) is 2.14. The second-order valence-electron chi connectivity index (χ2n) is 6.36. The van der Waals surface area contributed by atoms with E-state index in [2.05, 4.69) is 28.6 Å².